The number of nitrogens with one attached hydrogen (secondary N) is 1. The van der Waals surface area contributed by atoms with Gasteiger partial charge in [-0.25, -0.2) is 8.42 Å². The maximum absolute atomic E-state index is 13.3. The predicted molar refractivity (Wildman–Crippen MR) is 110 cm³/mol. The molecule has 0 aliphatic heterocycles. The fourth-order valence-corrected chi connectivity index (χ4v) is 4.36. The largest absolute Gasteiger partial charge is 0.350 e. The molecule has 1 N–H and O–H groups in total. The van der Waals surface area contributed by atoms with E-state index in [9.17, 15) is 13.2 Å². The molecule has 2 aromatic carbocycles. The van der Waals surface area contributed by atoms with Crippen LogP contribution in [0.15, 0.2) is 66.1 Å². The highest BCUT2D eigenvalue weighted by atomic mass is 35.5. The Hall–Kier alpha value is -2.31. The number of hydrogen-bond donors (Lipinski definition) is 1. The Morgan fingerprint density at radius 1 is 1.26 bits per heavy atom. The molecule has 1 amide bonds. The van der Waals surface area contributed by atoms with Gasteiger partial charge in [0, 0.05) is 11.6 Å². The van der Waals surface area contributed by atoms with E-state index in [0.29, 0.717) is 5.69 Å². The van der Waals surface area contributed by atoms with Gasteiger partial charge in [-0.05, 0) is 43.7 Å². The van der Waals surface area contributed by atoms with E-state index in [1.165, 1.54) is 28.6 Å². The topological polar surface area (TPSA) is 66.5 Å². The van der Waals surface area contributed by atoms with E-state index in [4.69, 9.17) is 11.6 Å². The van der Waals surface area contributed by atoms with Crippen LogP contribution in [-0.2, 0) is 10.0 Å². The third-order valence-corrected chi connectivity index (χ3v) is 6.37. The molecule has 1 atom stereocenters. The summed E-state index contributed by atoms with van der Waals surface area (Å²) < 4.78 is 27.7. The Kier molecular flexibility index (Phi) is 7.05. The van der Waals surface area contributed by atoms with Crippen LogP contribution in [0.5, 0.6) is 0 Å². The quantitative estimate of drug-likeness (QED) is 0.666. The molecule has 5 nitrogen and oxygen atoms in total. The molecule has 0 aliphatic rings. The maximum atomic E-state index is 13.3. The number of amides is 1. The van der Waals surface area contributed by atoms with Crippen LogP contribution in [-0.4, -0.2) is 26.9 Å². The van der Waals surface area contributed by atoms with Crippen LogP contribution in [0.4, 0.5) is 5.69 Å². The first-order valence-electron chi connectivity index (χ1n) is 8.60. The highest BCUT2D eigenvalue weighted by molar-refractivity contribution is 7.93. The van der Waals surface area contributed by atoms with Crippen molar-refractivity contribution in [3.8, 4) is 0 Å². The molecule has 7 heteroatoms. The van der Waals surface area contributed by atoms with E-state index in [1.54, 1.807) is 30.3 Å². The molecule has 0 saturated carbocycles. The highest BCUT2D eigenvalue weighted by Gasteiger charge is 2.27. The van der Waals surface area contributed by atoms with Gasteiger partial charge in [0.15, 0.2) is 0 Å². The van der Waals surface area contributed by atoms with Gasteiger partial charge < -0.3 is 5.32 Å². The molecule has 0 radical (unpaired) electrons. The Morgan fingerprint density at radius 2 is 1.93 bits per heavy atom. The minimum absolute atomic E-state index is 0.0187. The number of carbonyl (C=O) groups excluding carboxylic acids is 1. The second-order valence-electron chi connectivity index (χ2n) is 6.09. The van der Waals surface area contributed by atoms with Crippen molar-refractivity contribution in [2.75, 3.05) is 10.8 Å². The van der Waals surface area contributed by atoms with Gasteiger partial charge in [0.2, 0.25) is 0 Å². The fourth-order valence-electron chi connectivity index (χ4n) is 2.42. The molecule has 0 saturated heterocycles. The minimum atomic E-state index is -3.99. The number of carbonyl (C=O) groups is 1. The Morgan fingerprint density at radius 3 is 2.52 bits per heavy atom. The van der Waals surface area contributed by atoms with Gasteiger partial charge in [-0.3, -0.25) is 9.10 Å². The molecule has 0 fully saturated rings. The maximum Gasteiger partial charge on any atom is 0.266 e. The van der Waals surface area contributed by atoms with Gasteiger partial charge in [0.05, 0.1) is 17.3 Å². The normalized spacial score (nSPS) is 12.3. The van der Waals surface area contributed by atoms with Crippen LogP contribution >= 0.6 is 11.6 Å². The van der Waals surface area contributed by atoms with Crippen LogP contribution in [0.1, 0.15) is 30.6 Å². The van der Waals surface area contributed by atoms with Gasteiger partial charge in [-0.15, -0.1) is 6.58 Å². The lowest BCUT2D eigenvalue weighted by Gasteiger charge is -2.24. The molecule has 2 rings (SSSR count). The van der Waals surface area contributed by atoms with Crippen molar-refractivity contribution in [3.05, 3.63) is 71.8 Å². The third-order valence-electron chi connectivity index (χ3n) is 4.09. The number of sulfonamides is 1. The van der Waals surface area contributed by atoms with Crippen molar-refractivity contribution in [2.24, 2.45) is 0 Å². The van der Waals surface area contributed by atoms with E-state index < -0.39 is 10.0 Å². The molecule has 0 heterocycles. The predicted octanol–water partition coefficient (Wildman–Crippen LogP) is 4.25. The average Bonchev–Trinajstić information content (AvgIpc) is 2.66. The lowest BCUT2D eigenvalue weighted by molar-refractivity contribution is 0.0939. The molecule has 0 bridgehead atoms. The van der Waals surface area contributed by atoms with Crippen LogP contribution in [0, 0.1) is 0 Å². The minimum Gasteiger partial charge on any atom is -0.350 e. The molecule has 144 valence electrons. The SMILES string of the molecule is C=CCN(c1ccccc1)S(=O)(=O)c1cc(C(=O)NC(C)CC)ccc1Cl. The van der Waals surface area contributed by atoms with Gasteiger partial charge in [-0.1, -0.05) is 42.8 Å². The smallest absolute Gasteiger partial charge is 0.266 e. The average molecular weight is 407 g/mol. The molecule has 0 aromatic heterocycles. The number of nitrogens with zero attached hydrogens (tertiary/aromatic N) is 1. The summed E-state index contributed by atoms with van der Waals surface area (Å²) in [7, 11) is -3.99. The van der Waals surface area contributed by atoms with Crippen molar-refractivity contribution < 1.29 is 13.2 Å². The number of para-hydroxylation sites is 1. The second-order valence-corrected chi connectivity index (χ2v) is 8.33. The molecular formula is C20H23ClN2O3S. The summed E-state index contributed by atoms with van der Waals surface area (Å²) in [5.41, 5.74) is 0.729. The number of anilines is 1. The molecular weight excluding hydrogens is 384 g/mol. The fraction of sp³-hybridized carbons (Fsp3) is 0.250. The zero-order chi connectivity index (χ0) is 20.0. The van der Waals surface area contributed by atoms with Gasteiger partial charge in [0.25, 0.3) is 15.9 Å². The zero-order valence-electron chi connectivity index (χ0n) is 15.4. The summed E-state index contributed by atoms with van der Waals surface area (Å²) in [4.78, 5) is 12.3. The van der Waals surface area contributed by atoms with Crippen LogP contribution in [0.2, 0.25) is 5.02 Å². The summed E-state index contributed by atoms with van der Waals surface area (Å²) in [5.74, 6) is -0.340. The summed E-state index contributed by atoms with van der Waals surface area (Å²) in [5, 5.41) is 2.88. The van der Waals surface area contributed by atoms with Crippen molar-refractivity contribution in [1.29, 1.82) is 0 Å². The first-order chi connectivity index (χ1) is 12.8. The summed E-state index contributed by atoms with van der Waals surface area (Å²) in [6.45, 7) is 7.55. The lowest BCUT2D eigenvalue weighted by Crippen LogP contribution is -2.33. The highest BCUT2D eigenvalue weighted by Crippen LogP contribution is 2.29. The molecule has 0 spiro atoms. The standard InChI is InChI=1S/C20H23ClN2O3S/c1-4-13-23(17-9-7-6-8-10-17)27(25,26)19-14-16(11-12-18(19)21)20(24)22-15(3)5-2/h4,6-12,14-15H,1,5,13H2,2-3H3,(H,22,24). The molecule has 27 heavy (non-hydrogen) atoms. The van der Waals surface area contributed by atoms with Crippen LogP contribution < -0.4 is 9.62 Å². The monoisotopic (exact) mass is 406 g/mol. The van der Waals surface area contributed by atoms with E-state index in [2.05, 4.69) is 11.9 Å². The molecule has 1 unspecified atom stereocenters. The van der Waals surface area contributed by atoms with Crippen molar-refractivity contribution in [3.63, 3.8) is 0 Å². The number of halogens is 1. The van der Waals surface area contributed by atoms with E-state index in [-0.39, 0.29) is 34.0 Å². The number of rotatable bonds is 8. The van der Waals surface area contributed by atoms with E-state index in [0.717, 1.165) is 6.42 Å². The van der Waals surface area contributed by atoms with Crippen molar-refractivity contribution in [2.45, 2.75) is 31.2 Å². The lowest BCUT2D eigenvalue weighted by atomic mass is 10.2. The van der Waals surface area contributed by atoms with Crippen LogP contribution in [0.25, 0.3) is 0 Å². The molecule has 2 aromatic rings. The van der Waals surface area contributed by atoms with Crippen molar-refractivity contribution in [1.82, 2.24) is 5.32 Å². The first kappa shape index (κ1) is 21.0. The van der Waals surface area contributed by atoms with E-state index >= 15 is 0 Å². The second kappa shape index (κ2) is 9.06. The first-order valence-corrected chi connectivity index (χ1v) is 10.4. The summed E-state index contributed by atoms with van der Waals surface area (Å²) in [6, 6.07) is 12.9. The van der Waals surface area contributed by atoms with Gasteiger partial charge in [0.1, 0.15) is 4.90 Å². The van der Waals surface area contributed by atoms with Crippen LogP contribution in [0.3, 0.4) is 0 Å². The summed E-state index contributed by atoms with van der Waals surface area (Å²) >= 11 is 6.19. The number of benzene rings is 2. The number of hydrogen-bond acceptors (Lipinski definition) is 3. The Bertz CT molecular complexity index is 914. The Labute approximate surface area is 165 Å². The van der Waals surface area contributed by atoms with Gasteiger partial charge >= 0.3 is 0 Å². The van der Waals surface area contributed by atoms with Crippen molar-refractivity contribution >= 4 is 33.2 Å². The third kappa shape index (κ3) is 4.90. The van der Waals surface area contributed by atoms with E-state index in [1.807, 2.05) is 13.8 Å². The Balaban J connectivity index is 2.49. The molecule has 0 aliphatic carbocycles. The van der Waals surface area contributed by atoms with Gasteiger partial charge in [-0.2, -0.15) is 0 Å². The zero-order valence-corrected chi connectivity index (χ0v) is 16.9. The summed E-state index contributed by atoms with van der Waals surface area (Å²) in [6.07, 6.45) is 2.27.